The molecule has 5 nitrogen and oxygen atoms in total. The number of H-pyrrole nitrogens is 1. The summed E-state index contributed by atoms with van der Waals surface area (Å²) < 4.78 is 26.5. The quantitative estimate of drug-likeness (QED) is 0.844. The molecule has 2 aromatic rings. The molecular formula is C13H17N3O2S. The minimum absolute atomic E-state index is 0.0412. The second kappa shape index (κ2) is 5.99. The summed E-state index contributed by atoms with van der Waals surface area (Å²) >= 11 is 0. The molecule has 0 spiro atoms. The Morgan fingerprint density at radius 1 is 1.32 bits per heavy atom. The van der Waals surface area contributed by atoms with E-state index in [2.05, 4.69) is 14.7 Å². The number of rotatable bonds is 6. The van der Waals surface area contributed by atoms with Crippen molar-refractivity contribution in [2.24, 2.45) is 0 Å². The molecule has 1 heterocycles. The van der Waals surface area contributed by atoms with Crippen molar-refractivity contribution in [2.45, 2.75) is 19.4 Å². The van der Waals surface area contributed by atoms with Crippen LogP contribution < -0.4 is 4.72 Å². The first-order chi connectivity index (χ1) is 9.07. The molecule has 0 saturated heterocycles. The van der Waals surface area contributed by atoms with Crippen LogP contribution in [0, 0.1) is 0 Å². The smallest absolute Gasteiger partial charge is 0.212 e. The van der Waals surface area contributed by atoms with Gasteiger partial charge in [-0.25, -0.2) is 18.1 Å². The van der Waals surface area contributed by atoms with Crippen molar-refractivity contribution in [1.29, 1.82) is 0 Å². The average molecular weight is 279 g/mol. The lowest BCUT2D eigenvalue weighted by molar-refractivity contribution is 0.575. The molecule has 0 fully saturated rings. The Morgan fingerprint density at radius 2 is 2.05 bits per heavy atom. The molecule has 0 bridgehead atoms. The molecule has 2 rings (SSSR count). The molecule has 1 aromatic heterocycles. The van der Waals surface area contributed by atoms with Gasteiger partial charge in [0, 0.05) is 11.9 Å². The number of aromatic nitrogens is 2. The first-order valence-electron chi connectivity index (χ1n) is 6.06. The summed E-state index contributed by atoms with van der Waals surface area (Å²) in [4.78, 5) is 6.70. The SMILES string of the molecule is CC(CS(=O)(=O)NCc1cnc[nH]1)c1ccccc1. The van der Waals surface area contributed by atoms with Crippen molar-refractivity contribution in [3.63, 3.8) is 0 Å². The molecule has 0 aliphatic carbocycles. The van der Waals surface area contributed by atoms with Crippen LogP contribution >= 0.6 is 0 Å². The molecule has 0 amide bonds. The molecule has 19 heavy (non-hydrogen) atoms. The van der Waals surface area contributed by atoms with E-state index in [-0.39, 0.29) is 18.2 Å². The molecular weight excluding hydrogens is 262 g/mol. The van der Waals surface area contributed by atoms with Crippen molar-refractivity contribution in [2.75, 3.05) is 5.75 Å². The number of sulfonamides is 1. The van der Waals surface area contributed by atoms with Crippen LogP contribution in [0.1, 0.15) is 24.1 Å². The largest absolute Gasteiger partial charge is 0.347 e. The molecule has 1 aromatic carbocycles. The fourth-order valence-electron chi connectivity index (χ4n) is 1.83. The van der Waals surface area contributed by atoms with Gasteiger partial charge in [-0.3, -0.25) is 0 Å². The summed E-state index contributed by atoms with van der Waals surface area (Å²) in [5, 5.41) is 0. The van der Waals surface area contributed by atoms with Gasteiger partial charge in [-0.15, -0.1) is 0 Å². The minimum Gasteiger partial charge on any atom is -0.347 e. The predicted octanol–water partition coefficient (Wildman–Crippen LogP) is 1.63. The van der Waals surface area contributed by atoms with E-state index in [1.807, 2.05) is 37.3 Å². The number of benzene rings is 1. The molecule has 0 radical (unpaired) electrons. The number of nitrogens with zero attached hydrogens (tertiary/aromatic N) is 1. The third kappa shape index (κ3) is 4.18. The van der Waals surface area contributed by atoms with Crippen LogP contribution in [0.5, 0.6) is 0 Å². The maximum atomic E-state index is 12.0. The van der Waals surface area contributed by atoms with Crippen LogP contribution in [0.3, 0.4) is 0 Å². The van der Waals surface area contributed by atoms with Crippen LogP contribution in [-0.2, 0) is 16.6 Å². The van der Waals surface area contributed by atoms with Crippen LogP contribution in [0.2, 0.25) is 0 Å². The van der Waals surface area contributed by atoms with Gasteiger partial charge in [0.2, 0.25) is 10.0 Å². The molecule has 0 aliphatic rings. The Hall–Kier alpha value is -1.66. The Kier molecular flexibility index (Phi) is 4.34. The van der Waals surface area contributed by atoms with Gasteiger partial charge in [0.25, 0.3) is 0 Å². The zero-order valence-corrected chi connectivity index (χ0v) is 11.5. The van der Waals surface area contributed by atoms with Gasteiger partial charge in [-0.05, 0) is 11.5 Å². The zero-order valence-electron chi connectivity index (χ0n) is 10.7. The third-order valence-electron chi connectivity index (χ3n) is 2.88. The number of imidazole rings is 1. The molecule has 1 atom stereocenters. The van der Waals surface area contributed by atoms with E-state index in [1.54, 1.807) is 6.20 Å². The van der Waals surface area contributed by atoms with E-state index in [9.17, 15) is 8.42 Å². The number of hydrogen-bond acceptors (Lipinski definition) is 3. The standard InChI is InChI=1S/C13H17N3O2S/c1-11(12-5-3-2-4-6-12)9-19(17,18)16-8-13-7-14-10-15-13/h2-7,10-11,16H,8-9H2,1H3,(H,14,15). The number of nitrogens with one attached hydrogen (secondary N) is 2. The Balaban J connectivity index is 1.93. The predicted molar refractivity (Wildman–Crippen MR) is 74.1 cm³/mol. The van der Waals surface area contributed by atoms with Crippen molar-refractivity contribution >= 4 is 10.0 Å². The Labute approximate surface area is 113 Å². The highest BCUT2D eigenvalue weighted by Crippen LogP contribution is 2.16. The van der Waals surface area contributed by atoms with Crippen molar-refractivity contribution in [3.8, 4) is 0 Å². The van der Waals surface area contributed by atoms with Crippen LogP contribution in [0.15, 0.2) is 42.9 Å². The van der Waals surface area contributed by atoms with E-state index in [0.717, 1.165) is 11.3 Å². The lowest BCUT2D eigenvalue weighted by Crippen LogP contribution is -2.28. The van der Waals surface area contributed by atoms with Gasteiger partial charge in [0.1, 0.15) is 0 Å². The average Bonchev–Trinajstić information content (AvgIpc) is 2.90. The fourth-order valence-corrected chi connectivity index (χ4v) is 3.18. The molecule has 2 N–H and O–H groups in total. The molecule has 0 aliphatic heterocycles. The second-order valence-electron chi connectivity index (χ2n) is 4.49. The first-order valence-corrected chi connectivity index (χ1v) is 7.71. The fraction of sp³-hybridized carbons (Fsp3) is 0.308. The molecule has 0 saturated carbocycles. The highest BCUT2D eigenvalue weighted by Gasteiger charge is 2.16. The summed E-state index contributed by atoms with van der Waals surface area (Å²) in [5.74, 6) is 0.0333. The maximum Gasteiger partial charge on any atom is 0.212 e. The van der Waals surface area contributed by atoms with Gasteiger partial charge >= 0.3 is 0 Å². The van der Waals surface area contributed by atoms with Crippen LogP contribution in [0.25, 0.3) is 0 Å². The minimum atomic E-state index is -3.30. The summed E-state index contributed by atoms with van der Waals surface area (Å²) in [6, 6.07) is 9.62. The summed E-state index contributed by atoms with van der Waals surface area (Å²) in [6.07, 6.45) is 3.12. The van der Waals surface area contributed by atoms with E-state index in [4.69, 9.17) is 0 Å². The van der Waals surface area contributed by atoms with E-state index >= 15 is 0 Å². The zero-order chi connectivity index (χ0) is 13.7. The van der Waals surface area contributed by atoms with Gasteiger partial charge in [-0.2, -0.15) is 0 Å². The summed E-state index contributed by atoms with van der Waals surface area (Å²) in [6.45, 7) is 2.15. The third-order valence-corrected chi connectivity index (χ3v) is 4.40. The summed E-state index contributed by atoms with van der Waals surface area (Å²) in [5.41, 5.74) is 1.77. The van der Waals surface area contributed by atoms with Crippen molar-refractivity contribution in [3.05, 3.63) is 54.1 Å². The normalized spacial score (nSPS) is 13.3. The monoisotopic (exact) mass is 279 g/mol. The van der Waals surface area contributed by atoms with E-state index in [0.29, 0.717) is 0 Å². The number of hydrogen-bond donors (Lipinski definition) is 2. The van der Waals surface area contributed by atoms with Gasteiger partial charge in [0.05, 0.1) is 18.6 Å². The van der Waals surface area contributed by atoms with Crippen molar-refractivity contribution in [1.82, 2.24) is 14.7 Å². The Morgan fingerprint density at radius 3 is 2.68 bits per heavy atom. The molecule has 102 valence electrons. The van der Waals surface area contributed by atoms with Crippen LogP contribution in [-0.4, -0.2) is 24.1 Å². The topological polar surface area (TPSA) is 74.8 Å². The molecule has 6 heteroatoms. The highest BCUT2D eigenvalue weighted by molar-refractivity contribution is 7.89. The Bertz CT molecular complexity index is 594. The maximum absolute atomic E-state index is 12.0. The highest BCUT2D eigenvalue weighted by atomic mass is 32.2. The van der Waals surface area contributed by atoms with E-state index in [1.165, 1.54) is 6.33 Å². The van der Waals surface area contributed by atoms with E-state index < -0.39 is 10.0 Å². The second-order valence-corrected chi connectivity index (χ2v) is 6.34. The molecule has 1 unspecified atom stereocenters. The van der Waals surface area contributed by atoms with Crippen LogP contribution in [0.4, 0.5) is 0 Å². The van der Waals surface area contributed by atoms with Gasteiger partial charge < -0.3 is 4.98 Å². The lowest BCUT2D eigenvalue weighted by atomic mass is 10.0. The number of aromatic amines is 1. The van der Waals surface area contributed by atoms with Gasteiger partial charge in [0.15, 0.2) is 0 Å². The lowest BCUT2D eigenvalue weighted by Gasteiger charge is -2.12. The first kappa shape index (κ1) is 13.8. The van der Waals surface area contributed by atoms with Crippen molar-refractivity contribution < 1.29 is 8.42 Å². The summed E-state index contributed by atoms with van der Waals surface area (Å²) in [7, 11) is -3.30. The van der Waals surface area contributed by atoms with Gasteiger partial charge in [-0.1, -0.05) is 37.3 Å².